The average Bonchev–Trinajstić information content (AvgIpc) is 2.95. The Morgan fingerprint density at radius 1 is 1.06 bits per heavy atom. The maximum Gasteiger partial charge on any atom is 0.260 e. The van der Waals surface area contributed by atoms with Crippen LogP contribution in [0.25, 0.3) is 0 Å². The minimum atomic E-state index is -2.65. The zero-order valence-electron chi connectivity index (χ0n) is 8.89. The molecule has 3 fully saturated rings. The Morgan fingerprint density at radius 3 is 2.00 bits per heavy atom. The van der Waals surface area contributed by atoms with E-state index >= 15 is 0 Å². The van der Waals surface area contributed by atoms with E-state index < -0.39 is 29.3 Å². The van der Waals surface area contributed by atoms with Crippen LogP contribution in [0, 0.1) is 11.8 Å². The number of hydrogen-bond acceptors (Lipinski definition) is 1. The van der Waals surface area contributed by atoms with E-state index in [2.05, 4.69) is 0 Å². The van der Waals surface area contributed by atoms with Gasteiger partial charge in [0, 0.05) is 24.9 Å². The molecule has 2 bridgehead atoms. The van der Waals surface area contributed by atoms with Crippen LogP contribution >= 0.6 is 0 Å². The quantitative estimate of drug-likeness (QED) is 0.678. The molecule has 3 aliphatic rings. The Kier molecular flexibility index (Phi) is 1.91. The lowest BCUT2D eigenvalue weighted by Crippen LogP contribution is -2.53. The summed E-state index contributed by atoms with van der Waals surface area (Å²) in [5.74, 6) is -4.71. The van der Waals surface area contributed by atoms with Crippen molar-refractivity contribution in [3.8, 4) is 0 Å². The van der Waals surface area contributed by atoms with Crippen LogP contribution in [0.2, 0.25) is 0 Å². The lowest BCUT2D eigenvalue weighted by atomic mass is 9.93. The van der Waals surface area contributed by atoms with Crippen molar-refractivity contribution in [1.82, 2.24) is 4.90 Å². The topological polar surface area (TPSA) is 20.3 Å². The average molecular weight is 233 g/mol. The summed E-state index contributed by atoms with van der Waals surface area (Å²) < 4.78 is 40.7. The van der Waals surface area contributed by atoms with Crippen molar-refractivity contribution in [2.45, 2.75) is 37.3 Å². The Labute approximate surface area is 91.8 Å². The highest BCUT2D eigenvalue weighted by atomic mass is 19.3. The van der Waals surface area contributed by atoms with Gasteiger partial charge in [0.2, 0.25) is 0 Å². The summed E-state index contributed by atoms with van der Waals surface area (Å²) in [5.41, 5.74) is -1.72. The third kappa shape index (κ3) is 1.29. The number of halogens is 3. The third-order valence-electron chi connectivity index (χ3n) is 4.19. The molecule has 2 unspecified atom stereocenters. The van der Waals surface area contributed by atoms with E-state index in [1.807, 2.05) is 0 Å². The molecule has 1 heterocycles. The molecule has 16 heavy (non-hydrogen) atoms. The summed E-state index contributed by atoms with van der Waals surface area (Å²) in [5, 5.41) is 0. The number of rotatable bonds is 1. The van der Waals surface area contributed by atoms with E-state index in [1.165, 1.54) is 4.90 Å². The summed E-state index contributed by atoms with van der Waals surface area (Å²) in [6.07, 6.45) is 1.43. The van der Waals surface area contributed by atoms with Crippen LogP contribution in [-0.2, 0) is 4.79 Å². The molecule has 2 atom stereocenters. The van der Waals surface area contributed by atoms with Gasteiger partial charge in [-0.2, -0.15) is 0 Å². The van der Waals surface area contributed by atoms with Crippen molar-refractivity contribution < 1.29 is 18.0 Å². The van der Waals surface area contributed by atoms with Gasteiger partial charge in [0.1, 0.15) is 0 Å². The fourth-order valence-corrected chi connectivity index (χ4v) is 2.93. The summed E-state index contributed by atoms with van der Waals surface area (Å²) in [6.45, 7) is 0.0714. The molecule has 0 N–H and O–H groups in total. The first-order valence-electron chi connectivity index (χ1n) is 5.79. The lowest BCUT2D eigenvalue weighted by Gasteiger charge is -2.38. The molecule has 0 aromatic rings. The predicted molar refractivity (Wildman–Crippen MR) is 50.8 cm³/mol. The molecule has 90 valence electrons. The second-order valence-electron chi connectivity index (χ2n) is 5.32. The van der Waals surface area contributed by atoms with E-state index in [1.54, 1.807) is 0 Å². The second-order valence-corrected chi connectivity index (χ2v) is 5.32. The van der Waals surface area contributed by atoms with Crippen molar-refractivity contribution in [2.75, 3.05) is 13.1 Å². The van der Waals surface area contributed by atoms with Gasteiger partial charge in [0.05, 0.1) is 0 Å². The fraction of sp³-hybridized carbons (Fsp3) is 0.909. The molecule has 0 aromatic heterocycles. The van der Waals surface area contributed by atoms with Gasteiger partial charge in [-0.05, 0) is 25.7 Å². The maximum absolute atomic E-state index is 13.6. The number of fused-ring (bicyclic) bond motifs is 2. The molecular weight excluding hydrogens is 219 g/mol. The summed E-state index contributed by atoms with van der Waals surface area (Å²) in [6, 6.07) is 0. The van der Waals surface area contributed by atoms with Crippen LogP contribution < -0.4 is 0 Å². The zero-order chi connectivity index (χ0) is 11.6. The highest BCUT2D eigenvalue weighted by Gasteiger charge is 2.60. The van der Waals surface area contributed by atoms with Gasteiger partial charge in [0.15, 0.2) is 5.67 Å². The largest absolute Gasteiger partial charge is 0.339 e. The zero-order valence-corrected chi connectivity index (χ0v) is 8.89. The molecule has 0 spiro atoms. The molecule has 0 radical (unpaired) electrons. The van der Waals surface area contributed by atoms with Gasteiger partial charge in [-0.3, -0.25) is 4.79 Å². The Bertz CT molecular complexity index is 324. The molecule has 2 nitrogen and oxygen atoms in total. The van der Waals surface area contributed by atoms with Crippen molar-refractivity contribution in [1.29, 1.82) is 0 Å². The molecule has 3 rings (SSSR count). The van der Waals surface area contributed by atoms with Crippen LogP contribution in [0.4, 0.5) is 13.2 Å². The first-order chi connectivity index (χ1) is 7.43. The van der Waals surface area contributed by atoms with Crippen molar-refractivity contribution in [3.05, 3.63) is 0 Å². The van der Waals surface area contributed by atoms with E-state index in [0.29, 0.717) is 12.8 Å². The number of nitrogens with zero attached hydrogens (tertiary/aromatic N) is 1. The minimum Gasteiger partial charge on any atom is -0.339 e. The molecule has 1 saturated heterocycles. The number of amides is 1. The van der Waals surface area contributed by atoms with Gasteiger partial charge < -0.3 is 4.90 Å². The summed E-state index contributed by atoms with van der Waals surface area (Å²) >= 11 is 0. The number of carbonyl (C=O) groups is 1. The van der Waals surface area contributed by atoms with Crippen LogP contribution in [-0.4, -0.2) is 35.5 Å². The molecular formula is C11H14F3NO. The number of carbonyl (C=O) groups excluding carboxylic acids is 1. The first-order valence-corrected chi connectivity index (χ1v) is 5.79. The van der Waals surface area contributed by atoms with Gasteiger partial charge in [0.25, 0.3) is 11.8 Å². The van der Waals surface area contributed by atoms with Crippen LogP contribution in [0.1, 0.15) is 25.7 Å². The fourth-order valence-electron chi connectivity index (χ4n) is 2.93. The highest BCUT2D eigenvalue weighted by Crippen LogP contribution is 2.50. The molecule has 1 amide bonds. The van der Waals surface area contributed by atoms with Gasteiger partial charge in [-0.1, -0.05) is 0 Å². The Balaban J connectivity index is 1.76. The SMILES string of the molecule is O=C(N1CC2CCC(C1)C2(F)F)C1(F)CC1. The molecule has 2 aliphatic carbocycles. The van der Waals surface area contributed by atoms with Gasteiger partial charge in [-0.15, -0.1) is 0 Å². The van der Waals surface area contributed by atoms with Crippen LogP contribution in [0.15, 0.2) is 0 Å². The van der Waals surface area contributed by atoms with Crippen molar-refractivity contribution >= 4 is 5.91 Å². The third-order valence-corrected chi connectivity index (χ3v) is 4.19. The molecule has 5 heteroatoms. The van der Waals surface area contributed by atoms with Crippen molar-refractivity contribution in [2.24, 2.45) is 11.8 Å². The number of alkyl halides is 3. The highest BCUT2D eigenvalue weighted by molar-refractivity contribution is 5.88. The molecule has 2 saturated carbocycles. The summed E-state index contributed by atoms with van der Waals surface area (Å²) in [7, 11) is 0. The van der Waals surface area contributed by atoms with Crippen molar-refractivity contribution in [3.63, 3.8) is 0 Å². The minimum absolute atomic E-state index is 0.0357. The second kappa shape index (κ2) is 2.93. The van der Waals surface area contributed by atoms with Gasteiger partial charge in [-0.25, -0.2) is 13.2 Å². The maximum atomic E-state index is 13.6. The van der Waals surface area contributed by atoms with E-state index in [-0.39, 0.29) is 25.9 Å². The van der Waals surface area contributed by atoms with Crippen LogP contribution in [0.3, 0.4) is 0 Å². The normalized spacial score (nSPS) is 38.6. The standard InChI is InChI=1S/C11H14F3NO/c12-10(3-4-10)9(16)15-5-7-1-2-8(6-15)11(7,13)14/h7-8H,1-6H2. The molecule has 0 aromatic carbocycles. The van der Waals surface area contributed by atoms with E-state index in [0.717, 1.165) is 0 Å². The van der Waals surface area contributed by atoms with Gasteiger partial charge >= 0.3 is 0 Å². The Hall–Kier alpha value is -0.740. The number of piperidine rings is 1. The lowest BCUT2D eigenvalue weighted by molar-refractivity contribution is -0.155. The monoisotopic (exact) mass is 233 g/mol. The first kappa shape index (κ1) is 10.4. The summed E-state index contributed by atoms with van der Waals surface area (Å²) in [4.78, 5) is 13.0. The predicted octanol–water partition coefficient (Wildman–Crippen LogP) is 1.99. The number of likely N-dealkylation sites (tertiary alicyclic amines) is 1. The Morgan fingerprint density at radius 2 is 1.56 bits per heavy atom. The van der Waals surface area contributed by atoms with E-state index in [4.69, 9.17) is 0 Å². The smallest absolute Gasteiger partial charge is 0.260 e. The molecule has 1 aliphatic heterocycles. The van der Waals surface area contributed by atoms with E-state index in [9.17, 15) is 18.0 Å². The number of hydrogen-bond donors (Lipinski definition) is 0. The van der Waals surface area contributed by atoms with Crippen LogP contribution in [0.5, 0.6) is 0 Å².